The number of fused-ring (bicyclic) bond motifs is 3. The summed E-state index contributed by atoms with van der Waals surface area (Å²) in [6.07, 6.45) is 0.923. The first-order chi connectivity index (χ1) is 12.0. The molecule has 0 saturated carbocycles. The largest absolute Gasteiger partial charge is 0.390 e. The van der Waals surface area contributed by atoms with E-state index in [1.807, 2.05) is 0 Å². The first-order valence-corrected chi connectivity index (χ1v) is 9.04. The fourth-order valence-corrected chi connectivity index (χ4v) is 3.71. The summed E-state index contributed by atoms with van der Waals surface area (Å²) >= 11 is 0. The van der Waals surface area contributed by atoms with E-state index < -0.39 is 16.3 Å². The molecule has 0 saturated heterocycles. The van der Waals surface area contributed by atoms with Crippen molar-refractivity contribution < 1.29 is 23.0 Å². The fourth-order valence-electron chi connectivity index (χ4n) is 2.67. The number of benzene rings is 1. The summed E-state index contributed by atoms with van der Waals surface area (Å²) in [5.74, 6) is 0. The second-order valence-corrected chi connectivity index (χ2v) is 7.19. The lowest BCUT2D eigenvalue weighted by Gasteiger charge is -2.14. The molecule has 0 aliphatic carbocycles. The van der Waals surface area contributed by atoms with Crippen LogP contribution in [0.4, 0.5) is 0 Å². The first-order valence-electron chi connectivity index (χ1n) is 7.55. The summed E-state index contributed by atoms with van der Waals surface area (Å²) in [4.78, 5) is 7.42. The summed E-state index contributed by atoms with van der Waals surface area (Å²) in [7, 11) is -0.843. The predicted octanol–water partition coefficient (Wildman–Crippen LogP) is 1.11. The number of hydrogen-bond donors (Lipinski definition) is 3. The number of nitrogens with zero attached hydrogens (tertiary/aromatic N) is 1. The number of pyridine rings is 1. The smallest absolute Gasteiger partial charge is 0.240 e. The number of aromatic nitrogens is 2. The summed E-state index contributed by atoms with van der Waals surface area (Å²) in [6, 6.07) is 6.57. The molecule has 3 aromatic rings. The van der Waals surface area contributed by atoms with E-state index in [1.165, 1.54) is 20.3 Å². The molecule has 0 unspecified atom stereocenters. The van der Waals surface area contributed by atoms with Gasteiger partial charge in [-0.05, 0) is 24.3 Å². The molecule has 2 heterocycles. The number of ether oxygens (including phenoxy) is 2. The molecule has 0 aliphatic heterocycles. The molecule has 0 aliphatic rings. The molecular formula is C16H19N3O5S. The fraction of sp³-hybridized carbons (Fsp3) is 0.312. The monoisotopic (exact) mass is 365 g/mol. The van der Waals surface area contributed by atoms with Crippen LogP contribution in [0.25, 0.3) is 21.8 Å². The Hall–Kier alpha value is -2.04. The predicted molar refractivity (Wildman–Crippen MR) is 92.5 cm³/mol. The summed E-state index contributed by atoms with van der Waals surface area (Å²) in [5, 5.41) is 10.9. The molecule has 3 N–H and O–H groups in total. The zero-order valence-corrected chi connectivity index (χ0v) is 14.6. The molecule has 0 amide bonds. The standard InChI is InChI=1S/C16H19N3O5S/c1-23-15(24-2)8-18-25(21,22)10-3-4-13-12(7-10)11-5-6-17-14(9-20)16(11)19-13/h3-7,15,18-20H,8-9H2,1-2H3. The molecule has 8 nitrogen and oxygen atoms in total. The number of aromatic amines is 1. The minimum atomic E-state index is -3.72. The van der Waals surface area contributed by atoms with Crippen molar-refractivity contribution in [3.63, 3.8) is 0 Å². The van der Waals surface area contributed by atoms with E-state index in [-0.39, 0.29) is 18.0 Å². The lowest BCUT2D eigenvalue weighted by atomic mass is 10.1. The molecule has 25 heavy (non-hydrogen) atoms. The Balaban J connectivity index is 2.01. The van der Waals surface area contributed by atoms with Crippen LogP contribution in [0.1, 0.15) is 5.69 Å². The average Bonchev–Trinajstić information content (AvgIpc) is 3.00. The summed E-state index contributed by atoms with van der Waals surface area (Å²) in [6.45, 7) is -0.202. The highest BCUT2D eigenvalue weighted by atomic mass is 32.2. The van der Waals surface area contributed by atoms with Crippen LogP contribution in [0, 0.1) is 0 Å². The van der Waals surface area contributed by atoms with E-state index in [2.05, 4.69) is 14.7 Å². The van der Waals surface area contributed by atoms with Crippen LogP contribution >= 0.6 is 0 Å². The van der Waals surface area contributed by atoms with Crippen molar-refractivity contribution in [1.29, 1.82) is 0 Å². The second-order valence-electron chi connectivity index (χ2n) is 5.42. The highest BCUT2D eigenvalue weighted by molar-refractivity contribution is 7.89. The molecule has 3 rings (SSSR count). The molecule has 0 atom stereocenters. The minimum Gasteiger partial charge on any atom is -0.390 e. The van der Waals surface area contributed by atoms with E-state index in [0.29, 0.717) is 11.2 Å². The van der Waals surface area contributed by atoms with Gasteiger partial charge in [0.25, 0.3) is 0 Å². The number of rotatable bonds is 7. The van der Waals surface area contributed by atoms with E-state index in [9.17, 15) is 13.5 Å². The van der Waals surface area contributed by atoms with Crippen LogP contribution in [0.2, 0.25) is 0 Å². The van der Waals surface area contributed by atoms with Crippen LogP contribution in [0.15, 0.2) is 35.4 Å². The van der Waals surface area contributed by atoms with Gasteiger partial charge in [0.1, 0.15) is 0 Å². The van der Waals surface area contributed by atoms with Gasteiger partial charge in [0, 0.05) is 36.7 Å². The van der Waals surface area contributed by atoms with Gasteiger partial charge in [0.05, 0.1) is 29.3 Å². The topological polar surface area (TPSA) is 114 Å². The van der Waals surface area contributed by atoms with Crippen molar-refractivity contribution in [2.24, 2.45) is 0 Å². The van der Waals surface area contributed by atoms with Gasteiger partial charge in [-0.3, -0.25) is 4.98 Å². The van der Waals surface area contributed by atoms with Crippen molar-refractivity contribution in [3.05, 3.63) is 36.2 Å². The van der Waals surface area contributed by atoms with Crippen LogP contribution in [0.5, 0.6) is 0 Å². The van der Waals surface area contributed by atoms with Gasteiger partial charge in [-0.1, -0.05) is 0 Å². The molecule has 1 aromatic carbocycles. The Morgan fingerprint density at radius 2 is 2.00 bits per heavy atom. The van der Waals surface area contributed by atoms with Gasteiger partial charge in [-0.15, -0.1) is 0 Å². The van der Waals surface area contributed by atoms with Crippen molar-refractivity contribution in [2.75, 3.05) is 20.8 Å². The van der Waals surface area contributed by atoms with Crippen molar-refractivity contribution >= 4 is 31.8 Å². The maximum atomic E-state index is 12.5. The van der Waals surface area contributed by atoms with Crippen LogP contribution < -0.4 is 4.72 Å². The Kier molecular flexibility index (Phi) is 5.02. The minimum absolute atomic E-state index is 0.000163. The van der Waals surface area contributed by atoms with Crippen molar-refractivity contribution in [3.8, 4) is 0 Å². The number of nitrogens with one attached hydrogen (secondary N) is 2. The van der Waals surface area contributed by atoms with E-state index in [1.54, 1.807) is 24.4 Å². The Morgan fingerprint density at radius 1 is 1.24 bits per heavy atom. The molecule has 134 valence electrons. The molecule has 0 fully saturated rings. The lowest BCUT2D eigenvalue weighted by molar-refractivity contribution is -0.0960. The van der Waals surface area contributed by atoms with Gasteiger partial charge in [0.15, 0.2) is 6.29 Å². The first kappa shape index (κ1) is 17.8. The van der Waals surface area contributed by atoms with E-state index >= 15 is 0 Å². The van der Waals surface area contributed by atoms with Crippen molar-refractivity contribution in [2.45, 2.75) is 17.8 Å². The number of aliphatic hydroxyl groups is 1. The Morgan fingerprint density at radius 3 is 2.68 bits per heavy atom. The third kappa shape index (κ3) is 3.37. The summed E-state index contributed by atoms with van der Waals surface area (Å²) < 4.78 is 37.5. The SMILES string of the molecule is COC(CNS(=O)(=O)c1ccc2[nH]c3c(CO)nccc3c2c1)OC. The highest BCUT2D eigenvalue weighted by Crippen LogP contribution is 2.28. The number of H-pyrrole nitrogens is 1. The van der Waals surface area contributed by atoms with Gasteiger partial charge < -0.3 is 19.6 Å². The van der Waals surface area contributed by atoms with Crippen LogP contribution in [-0.4, -0.2) is 50.5 Å². The number of methoxy groups -OCH3 is 2. The second kappa shape index (κ2) is 7.06. The van der Waals surface area contributed by atoms with Gasteiger partial charge in [-0.25, -0.2) is 13.1 Å². The van der Waals surface area contributed by atoms with Gasteiger partial charge in [-0.2, -0.15) is 0 Å². The number of hydrogen-bond acceptors (Lipinski definition) is 6. The van der Waals surface area contributed by atoms with Crippen LogP contribution in [-0.2, 0) is 26.1 Å². The Labute approximate surface area is 144 Å². The molecule has 0 bridgehead atoms. The molecule has 0 spiro atoms. The third-order valence-corrected chi connectivity index (χ3v) is 5.42. The average molecular weight is 365 g/mol. The number of aliphatic hydroxyl groups excluding tert-OH is 1. The highest BCUT2D eigenvalue weighted by Gasteiger charge is 2.18. The maximum Gasteiger partial charge on any atom is 0.240 e. The third-order valence-electron chi connectivity index (χ3n) is 4.00. The van der Waals surface area contributed by atoms with Crippen molar-refractivity contribution in [1.82, 2.24) is 14.7 Å². The molecule has 9 heteroatoms. The molecular weight excluding hydrogens is 346 g/mol. The molecule has 0 radical (unpaired) electrons. The lowest BCUT2D eigenvalue weighted by Crippen LogP contribution is -2.34. The summed E-state index contributed by atoms with van der Waals surface area (Å²) in [5.41, 5.74) is 1.98. The maximum absolute atomic E-state index is 12.5. The Bertz CT molecular complexity index is 996. The number of sulfonamides is 1. The van der Waals surface area contributed by atoms with E-state index in [0.717, 1.165) is 16.3 Å². The zero-order valence-electron chi connectivity index (χ0n) is 13.8. The normalized spacial score (nSPS) is 12.5. The van der Waals surface area contributed by atoms with Gasteiger partial charge in [0.2, 0.25) is 10.0 Å². The quantitative estimate of drug-likeness (QED) is 0.541. The molecule has 2 aromatic heterocycles. The van der Waals surface area contributed by atoms with Crippen LogP contribution in [0.3, 0.4) is 0 Å². The zero-order chi connectivity index (χ0) is 18.0. The van der Waals surface area contributed by atoms with Gasteiger partial charge >= 0.3 is 0 Å². The van der Waals surface area contributed by atoms with E-state index in [4.69, 9.17) is 9.47 Å².